The van der Waals surface area contributed by atoms with Crippen molar-refractivity contribution < 1.29 is 0 Å². The number of fused-ring (bicyclic) bond motifs is 1. The van der Waals surface area contributed by atoms with Gasteiger partial charge in [-0.15, -0.1) is 0 Å². The molecule has 3 aromatic rings. The van der Waals surface area contributed by atoms with Crippen molar-refractivity contribution >= 4 is 5.65 Å². The van der Waals surface area contributed by atoms with Crippen molar-refractivity contribution in [2.75, 3.05) is 0 Å². The third-order valence-electron chi connectivity index (χ3n) is 2.53. The summed E-state index contributed by atoms with van der Waals surface area (Å²) < 4.78 is 1.84. The summed E-state index contributed by atoms with van der Waals surface area (Å²) in [4.78, 5) is 8.67. The van der Waals surface area contributed by atoms with Gasteiger partial charge in [0.1, 0.15) is 11.8 Å². The molecule has 17 heavy (non-hydrogen) atoms. The highest BCUT2D eigenvalue weighted by Gasteiger charge is 2.07. The van der Waals surface area contributed by atoms with Gasteiger partial charge in [0.05, 0.1) is 11.3 Å². The van der Waals surface area contributed by atoms with Crippen LogP contribution in [-0.4, -0.2) is 14.4 Å². The lowest BCUT2D eigenvalue weighted by Gasteiger charge is -1.91. The summed E-state index contributed by atoms with van der Waals surface area (Å²) >= 11 is 0. The average Bonchev–Trinajstić information content (AvgIpc) is 2.83. The molecule has 0 fully saturated rings. The number of rotatable bonds is 1. The van der Waals surface area contributed by atoms with E-state index in [0.717, 1.165) is 11.4 Å². The molecule has 4 nitrogen and oxygen atoms in total. The highest BCUT2D eigenvalue weighted by Crippen LogP contribution is 2.18. The molecule has 0 saturated heterocycles. The zero-order valence-corrected chi connectivity index (χ0v) is 8.91. The van der Waals surface area contributed by atoms with Crippen molar-refractivity contribution in [1.29, 1.82) is 5.26 Å². The second kappa shape index (κ2) is 3.72. The van der Waals surface area contributed by atoms with Crippen LogP contribution in [0.3, 0.4) is 0 Å². The molecule has 0 amide bonds. The van der Waals surface area contributed by atoms with E-state index in [4.69, 9.17) is 5.26 Å². The lowest BCUT2D eigenvalue weighted by Crippen LogP contribution is -1.85. The first-order valence-electron chi connectivity index (χ1n) is 5.18. The number of nitrogens with zero attached hydrogens (tertiary/aromatic N) is 4. The maximum absolute atomic E-state index is 9.00. The molecular formula is C13H8N4. The number of aromatic nitrogens is 3. The largest absolute Gasteiger partial charge is 0.305 e. The Kier molecular flexibility index (Phi) is 2.09. The summed E-state index contributed by atoms with van der Waals surface area (Å²) in [6.07, 6.45) is 5.47. The van der Waals surface area contributed by atoms with Crippen LogP contribution in [0.2, 0.25) is 0 Å². The molecule has 0 aliphatic heterocycles. The fourth-order valence-electron chi connectivity index (χ4n) is 1.74. The molecule has 0 saturated carbocycles. The van der Waals surface area contributed by atoms with Crippen molar-refractivity contribution in [3.05, 3.63) is 54.5 Å². The fourth-order valence-corrected chi connectivity index (χ4v) is 1.74. The van der Waals surface area contributed by atoms with E-state index in [2.05, 4.69) is 16.0 Å². The van der Waals surface area contributed by atoms with Crippen molar-refractivity contribution in [3.63, 3.8) is 0 Å². The zero-order valence-electron chi connectivity index (χ0n) is 8.91. The van der Waals surface area contributed by atoms with Crippen LogP contribution in [0.1, 0.15) is 5.56 Å². The molecule has 3 aromatic heterocycles. The minimum atomic E-state index is 0.565. The Labute approximate surface area is 97.8 Å². The first kappa shape index (κ1) is 9.55. The molecule has 0 atom stereocenters. The minimum Gasteiger partial charge on any atom is -0.305 e. The van der Waals surface area contributed by atoms with Crippen molar-refractivity contribution in [2.24, 2.45) is 0 Å². The summed E-state index contributed by atoms with van der Waals surface area (Å²) in [6, 6.07) is 11.4. The maximum atomic E-state index is 9.00. The first-order chi connectivity index (χ1) is 8.38. The highest BCUT2D eigenvalue weighted by atomic mass is 15.0. The molecule has 4 heteroatoms. The third kappa shape index (κ3) is 1.54. The SMILES string of the molecule is N#Cc1cccn2cc(-c3ccccn3)nc12. The van der Waals surface area contributed by atoms with Crippen molar-refractivity contribution in [3.8, 4) is 17.5 Å². The second-order valence-electron chi connectivity index (χ2n) is 3.61. The Morgan fingerprint density at radius 3 is 2.82 bits per heavy atom. The van der Waals surface area contributed by atoms with Crippen LogP contribution < -0.4 is 0 Å². The lowest BCUT2D eigenvalue weighted by molar-refractivity contribution is 1.18. The van der Waals surface area contributed by atoms with Crippen LogP contribution >= 0.6 is 0 Å². The number of nitriles is 1. The topological polar surface area (TPSA) is 54.0 Å². The smallest absolute Gasteiger partial charge is 0.155 e. The Bertz CT molecular complexity index is 707. The van der Waals surface area contributed by atoms with Gasteiger partial charge in [0.2, 0.25) is 0 Å². The summed E-state index contributed by atoms with van der Waals surface area (Å²) in [5.41, 5.74) is 2.80. The third-order valence-corrected chi connectivity index (χ3v) is 2.53. The predicted octanol–water partition coefficient (Wildman–Crippen LogP) is 2.27. The minimum absolute atomic E-state index is 0.565. The molecule has 0 radical (unpaired) electrons. The summed E-state index contributed by atoms with van der Waals surface area (Å²) in [5, 5.41) is 9.00. The van der Waals surface area contributed by atoms with Crippen molar-refractivity contribution in [2.45, 2.75) is 0 Å². The van der Waals surface area contributed by atoms with Crippen molar-refractivity contribution in [1.82, 2.24) is 14.4 Å². The molecule has 0 unspecified atom stereocenters. The number of hydrogen-bond acceptors (Lipinski definition) is 3. The monoisotopic (exact) mass is 220 g/mol. The normalized spacial score (nSPS) is 10.3. The van der Waals surface area contributed by atoms with Crippen LogP contribution in [0.4, 0.5) is 0 Å². The van der Waals surface area contributed by atoms with E-state index in [0.29, 0.717) is 11.2 Å². The molecular weight excluding hydrogens is 212 g/mol. The van der Waals surface area contributed by atoms with E-state index in [1.54, 1.807) is 12.3 Å². The van der Waals surface area contributed by atoms with E-state index >= 15 is 0 Å². The molecule has 0 bridgehead atoms. The van der Waals surface area contributed by atoms with Gasteiger partial charge in [-0.2, -0.15) is 5.26 Å². The standard InChI is InChI=1S/C13H8N4/c14-8-10-4-3-7-17-9-12(16-13(10)17)11-5-1-2-6-15-11/h1-7,9H. The van der Waals surface area contributed by atoms with Gasteiger partial charge in [0, 0.05) is 18.6 Å². The quantitative estimate of drug-likeness (QED) is 0.632. The van der Waals surface area contributed by atoms with E-state index in [-0.39, 0.29) is 0 Å². The number of imidazole rings is 1. The number of hydrogen-bond donors (Lipinski definition) is 0. The molecule has 3 heterocycles. The van der Waals surface area contributed by atoms with E-state index in [1.165, 1.54) is 0 Å². The summed E-state index contributed by atoms with van der Waals surface area (Å²) in [5.74, 6) is 0. The molecule has 0 aromatic carbocycles. The van der Waals surface area contributed by atoms with Gasteiger partial charge < -0.3 is 4.40 Å². The number of pyridine rings is 2. The van der Waals surface area contributed by atoms with Gasteiger partial charge in [-0.05, 0) is 24.3 Å². The Morgan fingerprint density at radius 2 is 2.06 bits per heavy atom. The summed E-state index contributed by atoms with van der Waals surface area (Å²) in [7, 11) is 0. The maximum Gasteiger partial charge on any atom is 0.155 e. The lowest BCUT2D eigenvalue weighted by atomic mass is 10.3. The van der Waals surface area contributed by atoms with Crippen LogP contribution in [0.15, 0.2) is 48.9 Å². The molecule has 3 rings (SSSR count). The van der Waals surface area contributed by atoms with Gasteiger partial charge in [-0.25, -0.2) is 4.98 Å². The molecule has 80 valence electrons. The molecule has 0 N–H and O–H groups in total. The highest BCUT2D eigenvalue weighted by molar-refractivity contribution is 5.63. The van der Waals surface area contributed by atoms with Crippen LogP contribution in [0.25, 0.3) is 17.0 Å². The van der Waals surface area contributed by atoms with Gasteiger partial charge in [0.25, 0.3) is 0 Å². The Hall–Kier alpha value is -2.67. The van der Waals surface area contributed by atoms with Gasteiger partial charge in [-0.1, -0.05) is 6.07 Å². The molecule has 0 spiro atoms. The van der Waals surface area contributed by atoms with E-state index in [1.807, 2.05) is 41.1 Å². The fraction of sp³-hybridized carbons (Fsp3) is 0. The van der Waals surface area contributed by atoms with Gasteiger partial charge >= 0.3 is 0 Å². The van der Waals surface area contributed by atoms with Crippen LogP contribution in [-0.2, 0) is 0 Å². The van der Waals surface area contributed by atoms with E-state index in [9.17, 15) is 0 Å². The second-order valence-corrected chi connectivity index (χ2v) is 3.61. The van der Waals surface area contributed by atoms with Crippen LogP contribution in [0, 0.1) is 11.3 Å². The van der Waals surface area contributed by atoms with Crippen LogP contribution in [0.5, 0.6) is 0 Å². The Morgan fingerprint density at radius 1 is 1.12 bits per heavy atom. The summed E-state index contributed by atoms with van der Waals surface area (Å²) in [6.45, 7) is 0. The van der Waals surface area contributed by atoms with Gasteiger partial charge in [-0.3, -0.25) is 4.98 Å². The zero-order chi connectivity index (χ0) is 11.7. The Balaban J connectivity index is 2.25. The van der Waals surface area contributed by atoms with Gasteiger partial charge in [0.15, 0.2) is 5.65 Å². The molecule has 0 aliphatic rings. The molecule has 0 aliphatic carbocycles. The predicted molar refractivity (Wildman–Crippen MR) is 63.1 cm³/mol. The first-order valence-corrected chi connectivity index (χ1v) is 5.18. The van der Waals surface area contributed by atoms with E-state index < -0.39 is 0 Å². The average molecular weight is 220 g/mol.